The maximum Gasteiger partial charge on any atom is 0.320 e. The van der Waals surface area contributed by atoms with E-state index in [1.165, 1.54) is 89.9 Å². The highest BCUT2D eigenvalue weighted by Gasteiger charge is 2.23. The first kappa shape index (κ1) is 37.9. The van der Waals surface area contributed by atoms with Gasteiger partial charge >= 0.3 is 11.9 Å². The fraction of sp³-hybridized carbons (Fsp3) is 0.941. The van der Waals surface area contributed by atoms with Crippen LogP contribution in [0.25, 0.3) is 0 Å². The maximum atomic E-state index is 13.2. The molecule has 232 valence electrons. The van der Waals surface area contributed by atoms with Crippen molar-refractivity contribution in [3.8, 4) is 0 Å². The highest BCUT2D eigenvalue weighted by molar-refractivity contribution is 5.73. The Morgan fingerprint density at radius 2 is 0.974 bits per heavy atom. The number of hydrogen-bond donors (Lipinski definition) is 0. The van der Waals surface area contributed by atoms with Crippen LogP contribution in [0.1, 0.15) is 169 Å². The number of ether oxygens (including phenoxy) is 2. The van der Waals surface area contributed by atoms with Crippen LogP contribution in [0, 0.1) is 5.92 Å². The molecule has 2 unspecified atom stereocenters. The first-order valence-electron chi connectivity index (χ1n) is 17.1. The summed E-state index contributed by atoms with van der Waals surface area (Å²) in [4.78, 5) is 27.9. The summed E-state index contributed by atoms with van der Waals surface area (Å²) in [7, 11) is 0. The molecular weight excluding hydrogens is 486 g/mol. The third-order valence-corrected chi connectivity index (χ3v) is 7.98. The Hall–Kier alpha value is -1.10. The second kappa shape index (κ2) is 28.4. The van der Waals surface area contributed by atoms with Crippen molar-refractivity contribution in [2.75, 3.05) is 26.2 Å². The Balaban J connectivity index is 4.84. The molecule has 5 heteroatoms. The molecule has 0 aliphatic heterocycles. The summed E-state index contributed by atoms with van der Waals surface area (Å²) in [6, 6.07) is 0. The molecule has 0 aromatic heterocycles. The smallest absolute Gasteiger partial charge is 0.320 e. The van der Waals surface area contributed by atoms with E-state index >= 15 is 0 Å². The number of rotatable bonds is 29. The summed E-state index contributed by atoms with van der Waals surface area (Å²) >= 11 is 0. The van der Waals surface area contributed by atoms with Gasteiger partial charge < -0.3 is 9.47 Å². The third kappa shape index (κ3) is 23.3. The van der Waals surface area contributed by atoms with Crippen molar-refractivity contribution in [1.29, 1.82) is 0 Å². The Kier molecular flexibility index (Phi) is 27.6. The molecule has 5 nitrogen and oxygen atoms in total. The van der Waals surface area contributed by atoms with E-state index in [9.17, 15) is 9.59 Å². The molecule has 0 bridgehead atoms. The summed E-state index contributed by atoms with van der Waals surface area (Å²) in [5.74, 6) is -0.313. The van der Waals surface area contributed by atoms with Crippen molar-refractivity contribution < 1.29 is 19.1 Å². The van der Waals surface area contributed by atoms with Crippen molar-refractivity contribution in [2.24, 2.45) is 5.92 Å². The van der Waals surface area contributed by atoms with Crippen LogP contribution in [0.3, 0.4) is 0 Å². The van der Waals surface area contributed by atoms with Crippen molar-refractivity contribution in [3.63, 3.8) is 0 Å². The molecule has 0 fully saturated rings. The Labute approximate surface area is 243 Å². The lowest BCUT2D eigenvalue weighted by atomic mass is 9.94. The molecule has 0 aromatic carbocycles. The molecule has 0 saturated carbocycles. The van der Waals surface area contributed by atoms with Crippen molar-refractivity contribution in [2.45, 2.75) is 176 Å². The van der Waals surface area contributed by atoms with Crippen LogP contribution in [-0.2, 0) is 19.1 Å². The van der Waals surface area contributed by atoms with Crippen LogP contribution >= 0.6 is 0 Å². The Bertz CT molecular complexity index is 549. The van der Waals surface area contributed by atoms with Crippen LogP contribution < -0.4 is 0 Å². The number of carbonyl (C=O) groups excluding carboxylic acids is 2. The molecule has 0 spiro atoms. The second-order valence-electron chi connectivity index (χ2n) is 11.6. The monoisotopic (exact) mass is 554 g/mol. The van der Waals surface area contributed by atoms with Gasteiger partial charge in [0.25, 0.3) is 0 Å². The van der Waals surface area contributed by atoms with E-state index < -0.39 is 0 Å². The highest BCUT2D eigenvalue weighted by atomic mass is 16.6. The average Bonchev–Trinajstić information content (AvgIpc) is 2.94. The molecule has 0 amide bonds. The summed E-state index contributed by atoms with van der Waals surface area (Å²) < 4.78 is 11.7. The quantitative estimate of drug-likeness (QED) is 0.0681. The lowest BCUT2D eigenvalue weighted by molar-refractivity contribution is -0.162. The van der Waals surface area contributed by atoms with Gasteiger partial charge in [0.1, 0.15) is 12.7 Å². The summed E-state index contributed by atoms with van der Waals surface area (Å²) in [6.07, 6.45) is 24.2. The molecule has 0 rings (SSSR count). The topological polar surface area (TPSA) is 55.8 Å². The van der Waals surface area contributed by atoms with Crippen molar-refractivity contribution >= 4 is 11.9 Å². The molecule has 0 heterocycles. The molecule has 0 saturated heterocycles. The lowest BCUT2D eigenvalue weighted by Crippen LogP contribution is -2.34. The van der Waals surface area contributed by atoms with Crippen LogP contribution in [0.15, 0.2) is 0 Å². The molecule has 0 radical (unpaired) electrons. The number of hydrogen-bond acceptors (Lipinski definition) is 5. The second-order valence-corrected chi connectivity index (χ2v) is 11.6. The van der Waals surface area contributed by atoms with Gasteiger partial charge in [-0.2, -0.15) is 0 Å². The van der Waals surface area contributed by atoms with E-state index in [-0.39, 0.29) is 30.6 Å². The molecule has 0 N–H and O–H groups in total. The number of likely N-dealkylation sites (N-methyl/N-ethyl adjacent to an activating group) is 1. The van der Waals surface area contributed by atoms with Gasteiger partial charge in [0.2, 0.25) is 0 Å². The molecule has 2 atom stereocenters. The predicted molar refractivity (Wildman–Crippen MR) is 166 cm³/mol. The average molecular weight is 554 g/mol. The summed E-state index contributed by atoms with van der Waals surface area (Å²) in [5.41, 5.74) is 0. The summed E-state index contributed by atoms with van der Waals surface area (Å²) in [5, 5.41) is 0. The van der Waals surface area contributed by atoms with Gasteiger partial charge in [-0.1, -0.05) is 144 Å². The van der Waals surface area contributed by atoms with Crippen LogP contribution in [0.4, 0.5) is 0 Å². The molecular formula is C34H67NO4. The highest BCUT2D eigenvalue weighted by Crippen LogP contribution is 2.21. The summed E-state index contributed by atoms with van der Waals surface area (Å²) in [6.45, 7) is 13.0. The van der Waals surface area contributed by atoms with Gasteiger partial charge in [0.15, 0.2) is 0 Å². The zero-order chi connectivity index (χ0) is 29.0. The SMILES string of the molecule is CCCCCCCCCCC(COC(=O)C(CCCCCC)CCCCCCCC)OC(=O)CN(CC)CC. The number of nitrogens with zero attached hydrogens (tertiary/aromatic N) is 1. The van der Waals surface area contributed by atoms with E-state index in [1.807, 2.05) is 0 Å². The van der Waals surface area contributed by atoms with E-state index in [0.717, 1.165) is 58.0 Å². The Morgan fingerprint density at radius 1 is 0.564 bits per heavy atom. The largest absolute Gasteiger partial charge is 0.462 e. The van der Waals surface area contributed by atoms with Gasteiger partial charge in [0.05, 0.1) is 12.5 Å². The lowest BCUT2D eigenvalue weighted by Gasteiger charge is -2.23. The Morgan fingerprint density at radius 3 is 1.44 bits per heavy atom. The van der Waals surface area contributed by atoms with E-state index in [1.54, 1.807) is 0 Å². The van der Waals surface area contributed by atoms with Crippen LogP contribution in [-0.4, -0.2) is 49.2 Å². The standard InChI is InChI=1S/C34H67NO4/c1-6-11-14-17-19-20-22-25-28-32(39-33(36)29-35(9-4)10-5)30-38-34(37)31(26-23-16-13-8-3)27-24-21-18-15-12-7-2/h31-32H,6-30H2,1-5H3. The first-order chi connectivity index (χ1) is 19.0. The maximum absolute atomic E-state index is 13.2. The van der Waals surface area contributed by atoms with Crippen molar-refractivity contribution in [1.82, 2.24) is 4.90 Å². The minimum absolute atomic E-state index is 0.0248. The molecule has 0 aliphatic carbocycles. The zero-order valence-corrected chi connectivity index (χ0v) is 26.9. The van der Waals surface area contributed by atoms with E-state index in [0.29, 0.717) is 6.54 Å². The molecule has 0 aromatic rings. The van der Waals surface area contributed by atoms with Gasteiger partial charge in [0, 0.05) is 0 Å². The van der Waals surface area contributed by atoms with Gasteiger partial charge in [-0.3, -0.25) is 14.5 Å². The third-order valence-electron chi connectivity index (χ3n) is 7.98. The van der Waals surface area contributed by atoms with E-state index in [2.05, 4.69) is 39.5 Å². The minimum atomic E-state index is -0.341. The van der Waals surface area contributed by atoms with Crippen LogP contribution in [0.2, 0.25) is 0 Å². The predicted octanol–water partition coefficient (Wildman–Crippen LogP) is 9.65. The number of esters is 2. The van der Waals surface area contributed by atoms with Gasteiger partial charge in [-0.15, -0.1) is 0 Å². The number of unbranched alkanes of at least 4 members (excludes halogenated alkanes) is 15. The number of carbonyl (C=O) groups is 2. The normalized spacial score (nSPS) is 13.0. The molecule has 39 heavy (non-hydrogen) atoms. The fourth-order valence-corrected chi connectivity index (χ4v) is 5.20. The zero-order valence-electron chi connectivity index (χ0n) is 26.9. The molecule has 0 aliphatic rings. The van der Waals surface area contributed by atoms with Gasteiger partial charge in [-0.05, 0) is 38.8 Å². The van der Waals surface area contributed by atoms with Crippen LogP contribution in [0.5, 0.6) is 0 Å². The first-order valence-corrected chi connectivity index (χ1v) is 17.1. The van der Waals surface area contributed by atoms with Crippen molar-refractivity contribution in [3.05, 3.63) is 0 Å². The van der Waals surface area contributed by atoms with E-state index in [4.69, 9.17) is 9.47 Å². The fourth-order valence-electron chi connectivity index (χ4n) is 5.20. The minimum Gasteiger partial charge on any atom is -0.462 e. The van der Waals surface area contributed by atoms with Gasteiger partial charge in [-0.25, -0.2) is 0 Å².